The van der Waals surface area contributed by atoms with Crippen LogP contribution in [0.2, 0.25) is 0 Å². The van der Waals surface area contributed by atoms with Crippen LogP contribution in [0.15, 0.2) is 54.5 Å². The number of imide groups is 1. The van der Waals surface area contributed by atoms with Crippen molar-refractivity contribution in [3.63, 3.8) is 0 Å². The molecule has 5 nitrogen and oxygen atoms in total. The minimum atomic E-state index is -0.441. The number of aromatic nitrogens is 1. The Kier molecular flexibility index (Phi) is 3.93. The van der Waals surface area contributed by atoms with Gasteiger partial charge in [-0.2, -0.15) is 0 Å². The lowest BCUT2D eigenvalue weighted by Crippen LogP contribution is -2.30. The van der Waals surface area contributed by atoms with Crippen LogP contribution >= 0.6 is 0 Å². The minimum Gasteiger partial charge on any atom is -0.302 e. The number of nitrogens with zero attached hydrogens (tertiary/aromatic N) is 2. The molecule has 0 unspecified atom stereocenters. The second-order valence-corrected chi connectivity index (χ2v) is 6.71. The summed E-state index contributed by atoms with van der Waals surface area (Å²) in [7, 11) is 0. The first-order valence-corrected chi connectivity index (χ1v) is 7.74. The number of urea groups is 1. The monoisotopic (exact) mass is 321 g/mol. The van der Waals surface area contributed by atoms with Gasteiger partial charge in [-0.3, -0.25) is 9.78 Å². The largest absolute Gasteiger partial charge is 0.333 e. The van der Waals surface area contributed by atoms with Gasteiger partial charge in [0.15, 0.2) is 0 Å². The molecule has 1 saturated heterocycles. The molecule has 0 bridgehead atoms. The van der Waals surface area contributed by atoms with E-state index < -0.39 is 6.03 Å². The van der Waals surface area contributed by atoms with Crippen molar-refractivity contribution in [2.45, 2.75) is 26.2 Å². The molecular weight excluding hydrogens is 302 g/mol. The summed E-state index contributed by atoms with van der Waals surface area (Å²) in [6.45, 7) is 6.35. The predicted octanol–water partition coefficient (Wildman–Crippen LogP) is 3.48. The third-order valence-electron chi connectivity index (χ3n) is 3.89. The van der Waals surface area contributed by atoms with E-state index in [1.165, 1.54) is 0 Å². The topological polar surface area (TPSA) is 62.3 Å². The number of pyridine rings is 1. The summed E-state index contributed by atoms with van der Waals surface area (Å²) in [6.07, 6.45) is 4.92. The molecule has 1 aromatic carbocycles. The van der Waals surface area contributed by atoms with E-state index >= 15 is 0 Å². The smallest absolute Gasteiger partial charge is 0.302 e. The number of carbonyl (C=O) groups is 2. The van der Waals surface area contributed by atoms with Crippen molar-refractivity contribution in [1.82, 2.24) is 10.3 Å². The zero-order chi connectivity index (χ0) is 17.3. The second-order valence-electron chi connectivity index (χ2n) is 6.71. The van der Waals surface area contributed by atoms with E-state index in [2.05, 4.69) is 31.1 Å². The molecule has 0 saturated carbocycles. The van der Waals surface area contributed by atoms with Gasteiger partial charge in [0.25, 0.3) is 5.91 Å². The highest BCUT2D eigenvalue weighted by Crippen LogP contribution is 2.27. The van der Waals surface area contributed by atoms with Crippen LogP contribution in [0.25, 0.3) is 6.08 Å². The third-order valence-corrected chi connectivity index (χ3v) is 3.89. The second kappa shape index (κ2) is 5.92. The quantitative estimate of drug-likeness (QED) is 0.680. The first kappa shape index (κ1) is 15.9. The molecule has 2 aromatic rings. The Morgan fingerprint density at radius 3 is 2.21 bits per heavy atom. The normalized spacial score (nSPS) is 16.6. The first-order chi connectivity index (χ1) is 11.4. The average molecular weight is 321 g/mol. The summed E-state index contributed by atoms with van der Waals surface area (Å²) in [6, 6.07) is 10.6. The van der Waals surface area contributed by atoms with Crippen LogP contribution in [-0.4, -0.2) is 16.9 Å². The summed E-state index contributed by atoms with van der Waals surface area (Å²) < 4.78 is 0. The molecular formula is C19H19N3O2. The number of nitrogens with one attached hydrogen (secondary N) is 1. The number of hydrogen-bond acceptors (Lipinski definition) is 3. The molecule has 24 heavy (non-hydrogen) atoms. The van der Waals surface area contributed by atoms with Gasteiger partial charge >= 0.3 is 6.03 Å². The molecule has 0 radical (unpaired) electrons. The van der Waals surface area contributed by atoms with Crippen LogP contribution in [0.4, 0.5) is 10.5 Å². The molecule has 0 atom stereocenters. The van der Waals surface area contributed by atoms with Gasteiger partial charge in [0, 0.05) is 12.4 Å². The molecule has 1 N–H and O–H groups in total. The lowest BCUT2D eigenvalue weighted by atomic mass is 9.87. The van der Waals surface area contributed by atoms with Gasteiger partial charge in [0.2, 0.25) is 0 Å². The molecule has 122 valence electrons. The van der Waals surface area contributed by atoms with Crippen molar-refractivity contribution in [3.05, 3.63) is 65.6 Å². The van der Waals surface area contributed by atoms with Gasteiger partial charge < -0.3 is 5.32 Å². The van der Waals surface area contributed by atoms with Crippen LogP contribution in [-0.2, 0) is 10.2 Å². The standard InChI is InChI=1S/C19H19N3O2/c1-19(2,3)14-4-6-15(7-5-14)22-17(23)16(21-18(22)24)12-13-8-10-20-11-9-13/h4-12H,1-3H3,(H,21,24)/b16-12-. The van der Waals surface area contributed by atoms with E-state index in [-0.39, 0.29) is 17.0 Å². The zero-order valence-corrected chi connectivity index (χ0v) is 13.9. The van der Waals surface area contributed by atoms with Crippen LogP contribution in [0.3, 0.4) is 0 Å². The van der Waals surface area contributed by atoms with Crippen LogP contribution in [0.1, 0.15) is 31.9 Å². The Labute approximate surface area is 141 Å². The van der Waals surface area contributed by atoms with Crippen molar-refractivity contribution < 1.29 is 9.59 Å². The molecule has 5 heteroatoms. The van der Waals surface area contributed by atoms with E-state index in [9.17, 15) is 9.59 Å². The van der Waals surface area contributed by atoms with Crippen LogP contribution < -0.4 is 10.2 Å². The van der Waals surface area contributed by atoms with Gasteiger partial charge in [0.1, 0.15) is 5.70 Å². The number of anilines is 1. The molecule has 3 rings (SSSR count). The summed E-state index contributed by atoms with van der Waals surface area (Å²) in [4.78, 5) is 29.9. The van der Waals surface area contributed by atoms with Crippen molar-refractivity contribution >= 4 is 23.7 Å². The highest BCUT2D eigenvalue weighted by Gasteiger charge is 2.34. The van der Waals surface area contributed by atoms with Gasteiger partial charge in [-0.05, 0) is 46.9 Å². The number of carbonyl (C=O) groups excluding carboxylic acids is 2. The summed E-state index contributed by atoms with van der Waals surface area (Å²) in [5.74, 6) is -0.361. The van der Waals surface area contributed by atoms with Crippen LogP contribution in [0.5, 0.6) is 0 Å². The predicted molar refractivity (Wildman–Crippen MR) is 93.4 cm³/mol. The van der Waals surface area contributed by atoms with Crippen molar-refractivity contribution in [2.24, 2.45) is 0 Å². The molecule has 1 fully saturated rings. The number of benzene rings is 1. The molecule has 2 heterocycles. The SMILES string of the molecule is CC(C)(C)c1ccc(N2C(=O)N/C(=C\c3ccncc3)C2=O)cc1. The van der Waals surface area contributed by atoms with Gasteiger partial charge in [-0.25, -0.2) is 9.69 Å². The summed E-state index contributed by atoms with van der Waals surface area (Å²) in [5.41, 5.74) is 2.78. The van der Waals surface area contributed by atoms with E-state index in [0.717, 1.165) is 16.0 Å². The molecule has 1 aliphatic rings. The lowest BCUT2D eigenvalue weighted by Gasteiger charge is -2.20. The van der Waals surface area contributed by atoms with Crippen molar-refractivity contribution in [1.29, 1.82) is 0 Å². The van der Waals surface area contributed by atoms with Gasteiger partial charge in [-0.1, -0.05) is 32.9 Å². The Morgan fingerprint density at radius 1 is 1.00 bits per heavy atom. The third kappa shape index (κ3) is 3.06. The van der Waals surface area contributed by atoms with E-state index in [0.29, 0.717) is 5.69 Å². The van der Waals surface area contributed by atoms with Gasteiger partial charge in [0.05, 0.1) is 5.69 Å². The Hall–Kier alpha value is -2.95. The van der Waals surface area contributed by atoms with Crippen molar-refractivity contribution in [3.8, 4) is 0 Å². The van der Waals surface area contributed by atoms with E-state index in [4.69, 9.17) is 0 Å². The highest BCUT2D eigenvalue weighted by molar-refractivity contribution is 6.28. The van der Waals surface area contributed by atoms with Crippen molar-refractivity contribution in [2.75, 3.05) is 4.90 Å². The van der Waals surface area contributed by atoms with Crippen LogP contribution in [0, 0.1) is 0 Å². The maximum atomic E-state index is 12.6. The Bertz CT molecular complexity index is 803. The fourth-order valence-corrected chi connectivity index (χ4v) is 2.51. The molecule has 0 spiro atoms. The van der Waals surface area contributed by atoms with E-state index in [1.54, 1.807) is 42.7 Å². The molecule has 1 aliphatic heterocycles. The molecule has 0 aliphatic carbocycles. The zero-order valence-electron chi connectivity index (χ0n) is 13.9. The average Bonchev–Trinajstić information content (AvgIpc) is 2.82. The highest BCUT2D eigenvalue weighted by atomic mass is 16.2. The maximum absolute atomic E-state index is 12.6. The number of amides is 3. The Balaban J connectivity index is 1.88. The summed E-state index contributed by atoms with van der Waals surface area (Å²) in [5, 5.41) is 2.62. The van der Waals surface area contributed by atoms with E-state index in [1.807, 2.05) is 12.1 Å². The fraction of sp³-hybridized carbons (Fsp3) is 0.211. The van der Waals surface area contributed by atoms with Gasteiger partial charge in [-0.15, -0.1) is 0 Å². The molecule has 1 aromatic heterocycles. The fourth-order valence-electron chi connectivity index (χ4n) is 2.51. The summed E-state index contributed by atoms with van der Waals surface area (Å²) >= 11 is 0. The Morgan fingerprint density at radius 2 is 1.62 bits per heavy atom. The first-order valence-electron chi connectivity index (χ1n) is 7.74. The number of hydrogen-bond donors (Lipinski definition) is 1. The lowest BCUT2D eigenvalue weighted by molar-refractivity contribution is -0.113. The molecule has 3 amide bonds. The maximum Gasteiger partial charge on any atom is 0.333 e. The minimum absolute atomic E-state index is 0.0161. The number of rotatable bonds is 2.